The van der Waals surface area contributed by atoms with Crippen LogP contribution in [0.1, 0.15) is 41.6 Å². The number of aromatic nitrogens is 2. The van der Waals surface area contributed by atoms with Crippen molar-refractivity contribution in [3.63, 3.8) is 0 Å². The molecule has 5 heteroatoms. The topological polar surface area (TPSA) is 75.0 Å². The van der Waals surface area contributed by atoms with Crippen molar-refractivity contribution in [3.8, 4) is 11.4 Å². The number of amides is 1. The second-order valence-corrected chi connectivity index (χ2v) is 7.01. The first-order chi connectivity index (χ1) is 12.7. The number of benzene rings is 2. The molecule has 0 bridgehead atoms. The molecule has 0 saturated carbocycles. The molecule has 1 fully saturated rings. The van der Waals surface area contributed by atoms with Crippen LogP contribution in [0.5, 0.6) is 0 Å². The Morgan fingerprint density at radius 3 is 2.81 bits per heavy atom. The molecule has 1 amide bonds. The van der Waals surface area contributed by atoms with Gasteiger partial charge in [0, 0.05) is 12.1 Å². The number of carbonyl (C=O) groups excluding carboxylic acids is 1. The average Bonchev–Trinajstić information content (AvgIpc) is 3.12. The van der Waals surface area contributed by atoms with Crippen molar-refractivity contribution in [2.24, 2.45) is 5.73 Å². The molecule has 3 N–H and O–H groups in total. The van der Waals surface area contributed by atoms with Crippen molar-refractivity contribution in [1.29, 1.82) is 0 Å². The standard InChI is InChI=1S/C21H24N4O/c1-2-25-12-4-5-16(13-25)14-8-10-15(11-9-14)21-23-18-7-3-6-17(20(22)26)19(18)24-21/h3,6-11,16H,2,4-5,12-13H2,1H3,(H2,22,26)(H,23,24). The molecular weight excluding hydrogens is 324 g/mol. The Morgan fingerprint density at radius 2 is 2.08 bits per heavy atom. The number of H-pyrrole nitrogens is 1. The van der Waals surface area contributed by atoms with Crippen molar-refractivity contribution >= 4 is 16.9 Å². The zero-order valence-corrected chi connectivity index (χ0v) is 15.0. The normalized spacial score (nSPS) is 18.3. The van der Waals surface area contributed by atoms with Crippen LogP contribution in [0, 0.1) is 0 Å². The van der Waals surface area contributed by atoms with Crippen LogP contribution >= 0.6 is 0 Å². The van der Waals surface area contributed by atoms with Gasteiger partial charge in [-0.2, -0.15) is 0 Å². The van der Waals surface area contributed by atoms with E-state index in [1.54, 1.807) is 6.07 Å². The van der Waals surface area contributed by atoms with Crippen molar-refractivity contribution in [2.45, 2.75) is 25.7 Å². The van der Waals surface area contributed by atoms with Crippen LogP contribution < -0.4 is 5.73 Å². The highest BCUT2D eigenvalue weighted by molar-refractivity contribution is 6.04. The van der Waals surface area contributed by atoms with E-state index in [-0.39, 0.29) is 0 Å². The molecule has 1 aliphatic rings. The van der Waals surface area contributed by atoms with E-state index < -0.39 is 5.91 Å². The summed E-state index contributed by atoms with van der Waals surface area (Å²) in [6.07, 6.45) is 2.52. The molecular formula is C21H24N4O. The third kappa shape index (κ3) is 3.10. The van der Waals surface area contributed by atoms with E-state index in [9.17, 15) is 4.79 Å². The first kappa shape index (κ1) is 16.8. The molecule has 0 radical (unpaired) electrons. The zero-order valence-electron chi connectivity index (χ0n) is 15.0. The summed E-state index contributed by atoms with van der Waals surface area (Å²) >= 11 is 0. The summed E-state index contributed by atoms with van der Waals surface area (Å²) < 4.78 is 0. The quantitative estimate of drug-likeness (QED) is 0.757. The van der Waals surface area contributed by atoms with Crippen LogP contribution in [-0.2, 0) is 0 Å². The minimum absolute atomic E-state index is 0.448. The summed E-state index contributed by atoms with van der Waals surface area (Å²) in [5.41, 5.74) is 9.77. The van der Waals surface area contributed by atoms with E-state index in [1.165, 1.54) is 24.9 Å². The van der Waals surface area contributed by atoms with Crippen molar-refractivity contribution in [2.75, 3.05) is 19.6 Å². The number of rotatable bonds is 4. The minimum Gasteiger partial charge on any atom is -0.366 e. The molecule has 5 nitrogen and oxygen atoms in total. The smallest absolute Gasteiger partial charge is 0.250 e. The number of nitrogens with one attached hydrogen (secondary N) is 1. The molecule has 2 aromatic carbocycles. The summed E-state index contributed by atoms with van der Waals surface area (Å²) in [5.74, 6) is 0.913. The predicted octanol–water partition coefficient (Wildman–Crippen LogP) is 3.53. The van der Waals surface area contributed by atoms with Gasteiger partial charge in [0.1, 0.15) is 11.3 Å². The maximum atomic E-state index is 11.6. The fraction of sp³-hybridized carbons (Fsp3) is 0.333. The Kier molecular flexibility index (Phi) is 4.47. The fourth-order valence-corrected chi connectivity index (χ4v) is 3.90. The minimum atomic E-state index is -0.457. The second kappa shape index (κ2) is 6.92. The van der Waals surface area contributed by atoms with Gasteiger partial charge in [0.2, 0.25) is 0 Å². The van der Waals surface area contributed by atoms with Crippen LogP contribution in [0.4, 0.5) is 0 Å². The number of nitrogens with two attached hydrogens (primary N) is 1. The first-order valence-corrected chi connectivity index (χ1v) is 9.27. The highest BCUT2D eigenvalue weighted by Gasteiger charge is 2.20. The van der Waals surface area contributed by atoms with Gasteiger partial charge in [0.05, 0.1) is 11.1 Å². The molecule has 1 aromatic heterocycles. The lowest BCUT2D eigenvalue weighted by Gasteiger charge is -2.32. The van der Waals surface area contributed by atoms with Crippen LogP contribution in [0.15, 0.2) is 42.5 Å². The number of carbonyl (C=O) groups is 1. The lowest BCUT2D eigenvalue weighted by molar-refractivity contribution is 0.100. The number of para-hydroxylation sites is 1. The predicted molar refractivity (Wildman–Crippen MR) is 104 cm³/mol. The van der Waals surface area contributed by atoms with E-state index in [0.717, 1.165) is 30.0 Å². The third-order valence-corrected chi connectivity index (χ3v) is 5.39. The molecule has 134 valence electrons. The largest absolute Gasteiger partial charge is 0.366 e. The van der Waals surface area contributed by atoms with Crippen LogP contribution in [0.2, 0.25) is 0 Å². The Labute approximate surface area is 153 Å². The molecule has 1 saturated heterocycles. The summed E-state index contributed by atoms with van der Waals surface area (Å²) in [7, 11) is 0. The molecule has 3 aromatic rings. The summed E-state index contributed by atoms with van der Waals surface area (Å²) in [5, 5.41) is 0. The monoisotopic (exact) mass is 348 g/mol. The maximum absolute atomic E-state index is 11.6. The van der Waals surface area contributed by atoms with Gasteiger partial charge in [-0.3, -0.25) is 4.79 Å². The highest BCUT2D eigenvalue weighted by atomic mass is 16.1. The van der Waals surface area contributed by atoms with Crippen LogP contribution in [0.3, 0.4) is 0 Å². The molecule has 1 atom stereocenters. The summed E-state index contributed by atoms with van der Waals surface area (Å²) in [6, 6.07) is 14.1. The SMILES string of the molecule is CCN1CCCC(c2ccc(-c3nc4c(C(N)=O)cccc4[nH]3)cc2)C1. The van der Waals surface area contributed by atoms with Gasteiger partial charge in [-0.25, -0.2) is 4.98 Å². The molecule has 0 spiro atoms. The van der Waals surface area contributed by atoms with Gasteiger partial charge in [-0.1, -0.05) is 37.3 Å². The number of likely N-dealkylation sites (tertiary alicyclic amines) is 1. The number of hydrogen-bond acceptors (Lipinski definition) is 3. The van der Waals surface area contributed by atoms with E-state index in [0.29, 0.717) is 17.0 Å². The van der Waals surface area contributed by atoms with E-state index in [2.05, 4.69) is 46.1 Å². The number of piperidine rings is 1. The highest BCUT2D eigenvalue weighted by Crippen LogP contribution is 2.29. The average molecular weight is 348 g/mol. The lowest BCUT2D eigenvalue weighted by atomic mass is 9.90. The van der Waals surface area contributed by atoms with E-state index >= 15 is 0 Å². The number of fused-ring (bicyclic) bond motifs is 1. The van der Waals surface area contributed by atoms with Gasteiger partial charge in [-0.15, -0.1) is 0 Å². The Morgan fingerprint density at radius 1 is 1.27 bits per heavy atom. The number of nitrogens with zero attached hydrogens (tertiary/aromatic N) is 2. The van der Waals surface area contributed by atoms with Gasteiger partial charge in [0.15, 0.2) is 0 Å². The van der Waals surface area contributed by atoms with Crippen molar-refractivity contribution in [1.82, 2.24) is 14.9 Å². The number of primary amides is 1. The van der Waals surface area contributed by atoms with Gasteiger partial charge in [0.25, 0.3) is 5.91 Å². The number of imidazole rings is 1. The molecule has 1 unspecified atom stereocenters. The number of hydrogen-bond donors (Lipinski definition) is 2. The number of likely N-dealkylation sites (N-methyl/N-ethyl adjacent to an activating group) is 1. The molecule has 4 rings (SSSR count). The van der Waals surface area contributed by atoms with Crippen LogP contribution in [-0.4, -0.2) is 40.4 Å². The third-order valence-electron chi connectivity index (χ3n) is 5.39. The van der Waals surface area contributed by atoms with Crippen molar-refractivity contribution < 1.29 is 4.79 Å². The molecule has 0 aliphatic carbocycles. The maximum Gasteiger partial charge on any atom is 0.250 e. The van der Waals surface area contributed by atoms with E-state index in [4.69, 9.17) is 5.73 Å². The van der Waals surface area contributed by atoms with Crippen LogP contribution in [0.25, 0.3) is 22.4 Å². The summed E-state index contributed by atoms with van der Waals surface area (Å²) in [6.45, 7) is 5.71. The van der Waals surface area contributed by atoms with E-state index in [1.807, 2.05) is 12.1 Å². The lowest BCUT2D eigenvalue weighted by Crippen LogP contribution is -2.34. The Balaban J connectivity index is 1.62. The van der Waals surface area contributed by atoms with Crippen molar-refractivity contribution in [3.05, 3.63) is 53.6 Å². The Bertz CT molecular complexity index is 929. The zero-order chi connectivity index (χ0) is 18.1. The second-order valence-electron chi connectivity index (χ2n) is 7.01. The summed E-state index contributed by atoms with van der Waals surface area (Å²) in [4.78, 5) is 22.0. The van der Waals surface area contributed by atoms with Gasteiger partial charge in [-0.05, 0) is 49.5 Å². The van der Waals surface area contributed by atoms with Gasteiger partial charge < -0.3 is 15.6 Å². The molecule has 1 aliphatic heterocycles. The fourth-order valence-electron chi connectivity index (χ4n) is 3.90. The molecule has 2 heterocycles. The molecule has 26 heavy (non-hydrogen) atoms. The number of aromatic amines is 1. The van der Waals surface area contributed by atoms with Gasteiger partial charge >= 0.3 is 0 Å². The Hall–Kier alpha value is -2.66. The first-order valence-electron chi connectivity index (χ1n) is 9.27.